The lowest BCUT2D eigenvalue weighted by Crippen LogP contribution is -2.69. The van der Waals surface area contributed by atoms with Gasteiger partial charge in [-0.05, 0) is 0 Å². The van der Waals surface area contributed by atoms with Crippen molar-refractivity contribution >= 4 is 5.91 Å². The van der Waals surface area contributed by atoms with Crippen LogP contribution in [0.4, 0.5) is 0 Å². The highest BCUT2D eigenvalue weighted by molar-refractivity contribution is 5.73. The van der Waals surface area contributed by atoms with Gasteiger partial charge in [0, 0.05) is 6.92 Å². The standard InChI is InChI=1S/C26H45NO21/c1-6(32)27-11-20(13(34)8(3-29)42-23(11)41)46-25-18(39)22(15(36)9(4-30)44-25)48-26-19(40)21(14(35)10(5-31)45-26)47-24-17(38)16(37)12(33)7(2-28)43-24/h7-26,28-31,33-41H,2-5H2,1H3,(H,27,32)/t7-,8-,9-,10-,11-,12-,13-,14-,15-,16+,17+,18+,19+,20-,21+,22+,23+,24-,25-,26-/m1/s1. The van der Waals surface area contributed by atoms with Crippen LogP contribution in [0.2, 0.25) is 0 Å². The molecule has 1 amide bonds. The molecule has 4 aliphatic heterocycles. The second-order valence-electron chi connectivity index (χ2n) is 11.9. The van der Waals surface area contributed by atoms with E-state index in [4.69, 9.17) is 33.2 Å². The molecule has 4 fully saturated rings. The molecule has 4 aliphatic rings. The van der Waals surface area contributed by atoms with Crippen molar-refractivity contribution in [1.82, 2.24) is 5.32 Å². The van der Waals surface area contributed by atoms with Crippen LogP contribution in [0.1, 0.15) is 6.92 Å². The van der Waals surface area contributed by atoms with Crippen molar-refractivity contribution in [3.05, 3.63) is 0 Å². The number of hydrogen-bond acceptors (Lipinski definition) is 21. The molecule has 4 rings (SSSR count). The van der Waals surface area contributed by atoms with Crippen LogP contribution < -0.4 is 5.32 Å². The fourth-order valence-electron chi connectivity index (χ4n) is 5.93. The zero-order valence-electron chi connectivity index (χ0n) is 25.5. The van der Waals surface area contributed by atoms with Crippen molar-refractivity contribution in [3.8, 4) is 0 Å². The fourth-order valence-corrected chi connectivity index (χ4v) is 5.93. The first-order valence-corrected chi connectivity index (χ1v) is 15.1. The number of amides is 1. The Morgan fingerprint density at radius 3 is 1.27 bits per heavy atom. The summed E-state index contributed by atoms with van der Waals surface area (Å²) in [5.41, 5.74) is 0. The van der Waals surface area contributed by atoms with Gasteiger partial charge in [-0.3, -0.25) is 4.79 Å². The summed E-state index contributed by atoms with van der Waals surface area (Å²) in [6.45, 7) is -2.35. The minimum absolute atomic E-state index is 0.689. The summed E-state index contributed by atoms with van der Waals surface area (Å²) in [6, 6.07) is -1.48. The summed E-state index contributed by atoms with van der Waals surface area (Å²) in [4.78, 5) is 11.8. The van der Waals surface area contributed by atoms with Crippen LogP contribution in [0.25, 0.3) is 0 Å². The molecule has 0 aromatic heterocycles. The molecule has 0 saturated carbocycles. The van der Waals surface area contributed by atoms with E-state index in [9.17, 15) is 71.2 Å². The molecule has 20 atom stereocenters. The van der Waals surface area contributed by atoms with E-state index in [0.717, 1.165) is 6.92 Å². The summed E-state index contributed by atoms with van der Waals surface area (Å²) >= 11 is 0. The minimum Gasteiger partial charge on any atom is -0.394 e. The summed E-state index contributed by atoms with van der Waals surface area (Å²) in [5.74, 6) is -0.689. The Hall–Kier alpha value is -1.33. The predicted molar refractivity (Wildman–Crippen MR) is 145 cm³/mol. The summed E-state index contributed by atoms with van der Waals surface area (Å²) < 4.78 is 38.2. The summed E-state index contributed by atoms with van der Waals surface area (Å²) in [7, 11) is 0. The number of carbonyl (C=O) groups is 1. The molecule has 0 aromatic rings. The number of carbonyl (C=O) groups excluding carboxylic acids is 1. The third-order valence-electron chi connectivity index (χ3n) is 8.61. The third kappa shape index (κ3) is 8.08. The molecule has 22 nitrogen and oxygen atoms in total. The topological polar surface area (TPSA) is 357 Å². The fraction of sp³-hybridized carbons (Fsp3) is 0.962. The second kappa shape index (κ2) is 16.8. The van der Waals surface area contributed by atoms with Crippen LogP contribution in [0, 0.1) is 0 Å². The van der Waals surface area contributed by atoms with Crippen molar-refractivity contribution in [2.45, 2.75) is 130 Å². The van der Waals surface area contributed by atoms with Gasteiger partial charge in [0.05, 0.1) is 26.4 Å². The summed E-state index contributed by atoms with van der Waals surface area (Å²) in [6.07, 6.45) is -34.1. The Morgan fingerprint density at radius 2 is 0.854 bits per heavy atom. The van der Waals surface area contributed by atoms with Crippen molar-refractivity contribution in [2.75, 3.05) is 26.4 Å². The Bertz CT molecular complexity index is 1030. The minimum atomic E-state index is -2.06. The molecule has 22 heteroatoms. The van der Waals surface area contributed by atoms with Gasteiger partial charge in [-0.15, -0.1) is 0 Å². The predicted octanol–water partition coefficient (Wildman–Crippen LogP) is -9.61. The van der Waals surface area contributed by atoms with Crippen LogP contribution in [0.3, 0.4) is 0 Å². The van der Waals surface area contributed by atoms with Gasteiger partial charge >= 0.3 is 0 Å². The Kier molecular flexibility index (Phi) is 13.8. The van der Waals surface area contributed by atoms with Gasteiger partial charge in [-0.2, -0.15) is 0 Å². The zero-order chi connectivity index (χ0) is 35.6. The quantitative estimate of drug-likeness (QED) is 0.0947. The molecule has 0 radical (unpaired) electrons. The van der Waals surface area contributed by atoms with Crippen molar-refractivity contribution in [1.29, 1.82) is 0 Å². The number of aliphatic hydroxyl groups excluding tert-OH is 13. The first-order chi connectivity index (χ1) is 22.7. The Labute approximate surface area is 272 Å². The number of rotatable bonds is 11. The monoisotopic (exact) mass is 707 g/mol. The van der Waals surface area contributed by atoms with E-state index in [2.05, 4.69) is 5.32 Å². The third-order valence-corrected chi connectivity index (χ3v) is 8.61. The summed E-state index contributed by atoms with van der Waals surface area (Å²) in [5, 5.41) is 137. The molecule has 14 N–H and O–H groups in total. The molecule has 0 aliphatic carbocycles. The number of aliphatic hydroxyl groups is 13. The van der Waals surface area contributed by atoms with E-state index in [-0.39, 0.29) is 0 Å². The van der Waals surface area contributed by atoms with Crippen LogP contribution >= 0.6 is 0 Å². The number of nitrogens with one attached hydrogen (secondary N) is 1. The number of ether oxygens (including phenoxy) is 7. The van der Waals surface area contributed by atoms with Gasteiger partial charge in [-0.1, -0.05) is 0 Å². The van der Waals surface area contributed by atoms with Crippen LogP contribution in [0.15, 0.2) is 0 Å². The SMILES string of the molecule is CC(=O)N[C@@H]1[C@@H](O[C@H]2O[C@H](CO)[C@@H](O)[C@H](O[C@H]3O[C@H](CO)[C@@H](O)[C@H](O[C@H]4O[C@H](CO)[C@@H](O)[C@H](O)[C@@H]4O)[C@@H]3O)[C@@H]2O)[C@H](O)[C@@H](CO)O[C@@H]1O. The lowest BCUT2D eigenvalue weighted by molar-refractivity contribution is -0.386. The molecule has 48 heavy (non-hydrogen) atoms. The van der Waals surface area contributed by atoms with Gasteiger partial charge in [0.1, 0.15) is 97.6 Å². The van der Waals surface area contributed by atoms with Crippen molar-refractivity contribution in [3.63, 3.8) is 0 Å². The first kappa shape index (κ1) is 39.5. The molecule has 4 saturated heterocycles. The van der Waals surface area contributed by atoms with Gasteiger partial charge in [-0.25, -0.2) is 0 Å². The molecule has 4 heterocycles. The molecule has 0 spiro atoms. The molecule has 0 bridgehead atoms. The van der Waals surface area contributed by atoms with E-state index in [1.54, 1.807) is 0 Å². The van der Waals surface area contributed by atoms with Crippen molar-refractivity contribution in [2.24, 2.45) is 0 Å². The average Bonchev–Trinajstić information content (AvgIpc) is 3.05. The van der Waals surface area contributed by atoms with Gasteiger partial charge in [0.15, 0.2) is 25.2 Å². The highest BCUT2D eigenvalue weighted by atomic mass is 16.8. The lowest BCUT2D eigenvalue weighted by atomic mass is 9.95. The largest absolute Gasteiger partial charge is 0.394 e. The van der Waals surface area contributed by atoms with E-state index < -0.39 is 155 Å². The second-order valence-corrected chi connectivity index (χ2v) is 11.9. The maximum Gasteiger partial charge on any atom is 0.217 e. The lowest BCUT2D eigenvalue weighted by Gasteiger charge is -2.49. The van der Waals surface area contributed by atoms with Crippen LogP contribution in [-0.4, -0.2) is 221 Å². The maximum atomic E-state index is 11.8. The van der Waals surface area contributed by atoms with Gasteiger partial charge < -0.3 is 105 Å². The molecule has 0 aromatic carbocycles. The van der Waals surface area contributed by atoms with E-state index >= 15 is 0 Å². The molecule has 280 valence electrons. The van der Waals surface area contributed by atoms with Gasteiger partial charge in [0.25, 0.3) is 0 Å². The molecular formula is C26H45NO21. The zero-order valence-corrected chi connectivity index (χ0v) is 25.5. The Balaban J connectivity index is 1.55. The highest BCUT2D eigenvalue weighted by Crippen LogP contribution is 2.34. The van der Waals surface area contributed by atoms with E-state index in [1.807, 2.05) is 0 Å². The van der Waals surface area contributed by atoms with E-state index in [1.165, 1.54) is 0 Å². The Morgan fingerprint density at radius 1 is 0.500 bits per heavy atom. The first-order valence-electron chi connectivity index (χ1n) is 15.1. The maximum absolute atomic E-state index is 11.8. The van der Waals surface area contributed by atoms with Crippen LogP contribution in [0.5, 0.6) is 0 Å². The normalized spacial score (nSPS) is 50.2. The smallest absolute Gasteiger partial charge is 0.217 e. The van der Waals surface area contributed by atoms with Crippen molar-refractivity contribution < 1.29 is 104 Å². The molecule has 0 unspecified atom stereocenters. The number of hydrogen-bond donors (Lipinski definition) is 14. The van der Waals surface area contributed by atoms with E-state index in [0.29, 0.717) is 0 Å². The average molecular weight is 708 g/mol. The van der Waals surface area contributed by atoms with Gasteiger partial charge in [0.2, 0.25) is 5.91 Å². The van der Waals surface area contributed by atoms with Crippen LogP contribution in [-0.2, 0) is 38.0 Å². The highest BCUT2D eigenvalue weighted by Gasteiger charge is 2.55. The molecular weight excluding hydrogens is 662 g/mol.